The van der Waals surface area contributed by atoms with Crippen LogP contribution in [0, 0.1) is 5.82 Å². The first-order valence-corrected chi connectivity index (χ1v) is 13.0. The molecule has 4 aromatic rings. The van der Waals surface area contributed by atoms with Crippen molar-refractivity contribution in [2.75, 3.05) is 0 Å². The zero-order valence-electron chi connectivity index (χ0n) is 18.5. The van der Waals surface area contributed by atoms with Crippen LogP contribution >= 0.6 is 7.26 Å². The monoisotopic (exact) mass is 441 g/mol. The Bertz CT molecular complexity index is 1120. The summed E-state index contributed by atoms with van der Waals surface area (Å²) >= 11 is 0. The summed E-state index contributed by atoms with van der Waals surface area (Å²) in [6.07, 6.45) is 1.43. The number of benzene rings is 4. The summed E-state index contributed by atoms with van der Waals surface area (Å²) < 4.78 is 21.2. The van der Waals surface area contributed by atoms with Crippen molar-refractivity contribution in [3.63, 3.8) is 0 Å². The molecule has 0 saturated carbocycles. The molecule has 0 amide bonds. The summed E-state index contributed by atoms with van der Waals surface area (Å²) in [5, 5.41) is 3.85. The molecule has 0 aromatic heterocycles. The van der Waals surface area contributed by atoms with Crippen LogP contribution in [0.5, 0.6) is 5.75 Å². The van der Waals surface area contributed by atoms with Gasteiger partial charge in [-0.15, -0.1) is 0 Å². The van der Waals surface area contributed by atoms with Crippen LogP contribution in [0.25, 0.3) is 0 Å². The Morgan fingerprint density at radius 3 is 1.69 bits per heavy atom. The van der Waals surface area contributed by atoms with Gasteiger partial charge < -0.3 is 4.74 Å². The second-order valence-electron chi connectivity index (χ2n) is 9.07. The van der Waals surface area contributed by atoms with E-state index in [2.05, 4.69) is 105 Å². The van der Waals surface area contributed by atoms with Gasteiger partial charge in [-0.25, -0.2) is 4.39 Å². The summed E-state index contributed by atoms with van der Waals surface area (Å²) in [4.78, 5) is 0. The highest BCUT2D eigenvalue weighted by Crippen LogP contribution is 2.59. The maximum atomic E-state index is 14.8. The molecule has 1 nitrogen and oxygen atoms in total. The molecular weight excluding hydrogens is 414 g/mol. The number of hydrogen-bond donors (Lipinski definition) is 0. The summed E-state index contributed by atoms with van der Waals surface area (Å²) in [5.41, 5.74) is 1.60. The van der Waals surface area contributed by atoms with Crippen LogP contribution in [0.2, 0.25) is 0 Å². The Labute approximate surface area is 190 Å². The fraction of sp³-hybridized carbons (Fsp3) is 0.172. The zero-order chi connectivity index (χ0) is 22.2. The first-order chi connectivity index (χ1) is 15.5. The lowest BCUT2D eigenvalue weighted by Crippen LogP contribution is -2.32. The molecule has 1 heterocycles. The molecule has 0 spiro atoms. The lowest BCUT2D eigenvalue weighted by atomic mass is 10.0. The molecule has 0 N–H and O–H groups in total. The Morgan fingerprint density at radius 2 is 1.22 bits per heavy atom. The Balaban J connectivity index is 1.78. The van der Waals surface area contributed by atoms with Crippen LogP contribution in [0.3, 0.4) is 0 Å². The normalized spacial score (nSPS) is 14.6. The lowest BCUT2D eigenvalue weighted by Gasteiger charge is -2.28. The third kappa shape index (κ3) is 3.74. The highest BCUT2D eigenvalue weighted by Gasteiger charge is 2.47. The largest absolute Gasteiger partial charge is 0.487 e. The molecule has 0 saturated heterocycles. The molecule has 4 aromatic carbocycles. The predicted octanol–water partition coefficient (Wildman–Crippen LogP) is 6.03. The molecule has 3 heteroatoms. The van der Waals surface area contributed by atoms with Crippen LogP contribution in [0.1, 0.15) is 25.0 Å². The van der Waals surface area contributed by atoms with Gasteiger partial charge in [-0.1, -0.05) is 54.6 Å². The Hall–Kier alpha value is -2.96. The minimum absolute atomic E-state index is 0.188. The van der Waals surface area contributed by atoms with Crippen molar-refractivity contribution < 1.29 is 9.13 Å². The summed E-state index contributed by atoms with van der Waals surface area (Å²) in [5.74, 6) is 0.677. The number of hydrogen-bond acceptors (Lipinski definition) is 1. The van der Waals surface area contributed by atoms with Crippen molar-refractivity contribution in [1.29, 1.82) is 0 Å². The van der Waals surface area contributed by atoms with Crippen molar-refractivity contribution >= 4 is 23.2 Å². The first-order valence-electron chi connectivity index (χ1n) is 11.0. The van der Waals surface area contributed by atoms with Crippen molar-refractivity contribution in [2.45, 2.75) is 32.0 Å². The van der Waals surface area contributed by atoms with Gasteiger partial charge in [0.1, 0.15) is 46.5 Å². The van der Waals surface area contributed by atoms with Crippen molar-refractivity contribution in [2.24, 2.45) is 0 Å². The summed E-state index contributed by atoms with van der Waals surface area (Å²) in [6.45, 7) is 4.14. The second kappa shape index (κ2) is 8.19. The van der Waals surface area contributed by atoms with Crippen LogP contribution in [-0.4, -0.2) is 5.60 Å². The van der Waals surface area contributed by atoms with E-state index < -0.39 is 7.26 Å². The quantitative estimate of drug-likeness (QED) is 0.344. The Kier molecular flexibility index (Phi) is 5.35. The highest BCUT2D eigenvalue weighted by molar-refractivity contribution is 7.95. The maximum absolute atomic E-state index is 14.8. The van der Waals surface area contributed by atoms with Crippen LogP contribution in [0.15, 0.2) is 103 Å². The molecule has 5 rings (SSSR count). The summed E-state index contributed by atoms with van der Waals surface area (Å²) in [7, 11) is -2.12. The second-order valence-corrected chi connectivity index (χ2v) is 12.6. The predicted molar refractivity (Wildman–Crippen MR) is 134 cm³/mol. The average molecular weight is 442 g/mol. The molecule has 0 atom stereocenters. The van der Waals surface area contributed by atoms with Crippen LogP contribution in [0.4, 0.5) is 4.39 Å². The van der Waals surface area contributed by atoms with Gasteiger partial charge in [0.05, 0.1) is 0 Å². The van der Waals surface area contributed by atoms with E-state index in [9.17, 15) is 4.39 Å². The van der Waals surface area contributed by atoms with Gasteiger partial charge in [-0.05, 0) is 62.4 Å². The first kappa shape index (κ1) is 20.9. The minimum atomic E-state index is -2.12. The van der Waals surface area contributed by atoms with Crippen molar-refractivity contribution in [3.05, 3.63) is 120 Å². The fourth-order valence-electron chi connectivity index (χ4n) is 4.89. The molecule has 160 valence electrons. The van der Waals surface area contributed by atoms with Gasteiger partial charge >= 0.3 is 0 Å². The zero-order valence-corrected chi connectivity index (χ0v) is 19.4. The van der Waals surface area contributed by atoms with E-state index in [1.54, 1.807) is 12.1 Å². The molecular formula is C29H27FOP+. The molecule has 1 aliphatic heterocycles. The molecule has 0 radical (unpaired) electrons. The SMILES string of the molecule is CC1(C)Cc2cc(F)cc(C[P+](c3ccccc3)(c3ccccc3)c3ccccc3)c2O1. The number of rotatable bonds is 5. The molecule has 1 aliphatic rings. The number of fused-ring (bicyclic) bond motifs is 1. The Morgan fingerprint density at radius 1 is 0.750 bits per heavy atom. The number of halogens is 1. The topological polar surface area (TPSA) is 9.23 Å². The molecule has 32 heavy (non-hydrogen) atoms. The van der Waals surface area contributed by atoms with Gasteiger partial charge in [-0.2, -0.15) is 0 Å². The van der Waals surface area contributed by atoms with Crippen LogP contribution in [-0.2, 0) is 12.6 Å². The van der Waals surface area contributed by atoms with Gasteiger partial charge in [0, 0.05) is 17.5 Å². The molecule has 0 aliphatic carbocycles. The standard InChI is InChI=1S/C29H27FOP/c1-29(2)20-22-18-24(30)19-23(28(22)31-29)21-32(25-12-6-3-7-13-25,26-14-8-4-9-15-26)27-16-10-5-11-17-27/h3-19H,20-21H2,1-2H3/q+1. The van der Waals surface area contributed by atoms with Gasteiger partial charge in [0.25, 0.3) is 0 Å². The highest BCUT2D eigenvalue weighted by atomic mass is 31.2. The maximum Gasteiger partial charge on any atom is 0.130 e. The van der Waals surface area contributed by atoms with E-state index in [-0.39, 0.29) is 11.4 Å². The third-order valence-corrected chi connectivity index (χ3v) is 10.6. The molecule has 0 unspecified atom stereocenters. The molecule has 0 fully saturated rings. The molecule has 0 bridgehead atoms. The van der Waals surface area contributed by atoms with E-state index in [1.165, 1.54) is 15.9 Å². The van der Waals surface area contributed by atoms with E-state index in [0.29, 0.717) is 6.16 Å². The van der Waals surface area contributed by atoms with Crippen molar-refractivity contribution in [1.82, 2.24) is 0 Å². The average Bonchev–Trinajstić information content (AvgIpc) is 3.13. The van der Waals surface area contributed by atoms with Crippen molar-refractivity contribution in [3.8, 4) is 5.75 Å². The summed E-state index contributed by atoms with van der Waals surface area (Å²) in [6, 6.07) is 35.4. The fourth-order valence-corrected chi connectivity index (χ4v) is 9.12. The van der Waals surface area contributed by atoms with Crippen LogP contribution < -0.4 is 20.7 Å². The lowest BCUT2D eigenvalue weighted by molar-refractivity contribution is 0.137. The van der Waals surface area contributed by atoms with E-state index in [0.717, 1.165) is 23.3 Å². The van der Waals surface area contributed by atoms with Gasteiger partial charge in [-0.3, -0.25) is 0 Å². The third-order valence-electron chi connectivity index (χ3n) is 6.20. The smallest absolute Gasteiger partial charge is 0.130 e. The van der Waals surface area contributed by atoms with E-state index in [4.69, 9.17) is 4.74 Å². The van der Waals surface area contributed by atoms with Gasteiger partial charge in [0.2, 0.25) is 0 Å². The minimum Gasteiger partial charge on any atom is -0.487 e. The van der Waals surface area contributed by atoms with Gasteiger partial charge in [0.15, 0.2) is 0 Å². The number of ether oxygens (including phenoxy) is 1. The van der Waals surface area contributed by atoms with E-state index in [1.807, 2.05) is 0 Å². The van der Waals surface area contributed by atoms with E-state index >= 15 is 0 Å².